The first kappa shape index (κ1) is 43.7. The lowest BCUT2D eigenvalue weighted by Crippen LogP contribution is -2.66. The fourth-order valence-electron chi connectivity index (χ4n) is 12.5. The molecule has 22 atom stereocenters. The van der Waals surface area contributed by atoms with Gasteiger partial charge in [-0.2, -0.15) is 0 Å². The van der Waals surface area contributed by atoms with E-state index in [1.165, 1.54) is 0 Å². The van der Waals surface area contributed by atoms with E-state index in [2.05, 4.69) is 20.4 Å². The van der Waals surface area contributed by atoms with Crippen molar-refractivity contribution in [3.05, 3.63) is 12.2 Å². The Morgan fingerprint density at radius 2 is 1.23 bits per heavy atom. The molecule has 7 aliphatic rings. The summed E-state index contributed by atoms with van der Waals surface area (Å²) in [4.78, 5) is 14.2. The van der Waals surface area contributed by atoms with Gasteiger partial charge in [-0.3, -0.25) is 4.79 Å². The third-order valence-electron chi connectivity index (χ3n) is 15.7. The molecule has 3 aliphatic heterocycles. The van der Waals surface area contributed by atoms with Crippen LogP contribution in [0.3, 0.4) is 0 Å². The van der Waals surface area contributed by atoms with Gasteiger partial charge in [0.25, 0.3) is 0 Å². The van der Waals surface area contributed by atoms with Gasteiger partial charge in [-0.25, -0.2) is 0 Å². The van der Waals surface area contributed by atoms with Crippen molar-refractivity contribution >= 4 is 5.97 Å². The molecule has 18 heteroatoms. The van der Waals surface area contributed by atoms with E-state index >= 15 is 0 Å². The van der Waals surface area contributed by atoms with Gasteiger partial charge in [0, 0.05) is 0 Å². The highest BCUT2D eigenvalue weighted by molar-refractivity contribution is 5.77. The zero-order chi connectivity index (χ0) is 41.6. The van der Waals surface area contributed by atoms with Crippen molar-refractivity contribution in [2.24, 2.45) is 34.0 Å². The number of ether oxygens (including phenoxy) is 6. The molecule has 326 valence electrons. The van der Waals surface area contributed by atoms with Crippen LogP contribution in [0.25, 0.3) is 0 Å². The molecule has 11 N–H and O–H groups in total. The van der Waals surface area contributed by atoms with Crippen LogP contribution < -0.4 is 0 Å². The lowest BCUT2D eigenvalue weighted by molar-refractivity contribution is -0.372. The van der Waals surface area contributed by atoms with E-state index in [0.717, 1.165) is 18.4 Å². The predicted octanol–water partition coefficient (Wildman–Crippen LogP) is -2.69. The highest BCUT2D eigenvalue weighted by Crippen LogP contribution is 2.75. The number of rotatable bonds is 9. The molecule has 4 aliphatic carbocycles. The van der Waals surface area contributed by atoms with Crippen LogP contribution in [0.15, 0.2) is 12.2 Å². The Labute approximate surface area is 330 Å². The summed E-state index contributed by atoms with van der Waals surface area (Å²) in [6.07, 6.45) is -18.4. The summed E-state index contributed by atoms with van der Waals surface area (Å²) in [7, 11) is 0. The Morgan fingerprint density at radius 1 is 0.684 bits per heavy atom. The molecule has 0 amide bonds. The third-order valence-corrected chi connectivity index (χ3v) is 15.7. The average molecular weight is 819 g/mol. The molecule has 57 heavy (non-hydrogen) atoms. The van der Waals surface area contributed by atoms with Crippen LogP contribution in [0.1, 0.15) is 72.1 Å². The molecule has 0 aromatic rings. The van der Waals surface area contributed by atoms with Crippen molar-refractivity contribution in [2.75, 3.05) is 19.8 Å². The second-order valence-electron chi connectivity index (χ2n) is 18.3. The highest BCUT2D eigenvalue weighted by atomic mass is 16.7. The summed E-state index contributed by atoms with van der Waals surface area (Å²) in [5.74, 6) is -0.762. The SMILES string of the molecule is C=C1CC23CCC4[C@](C)(C(=O)OC5OC(CO)C(O)C(O)C5O)CCC[C@@]4(C)[C@@H]2CC[C@]1(OC1OC(CO)C(O)C(OC2OC(CO)C(O)C(O)C2O)C1O)[C@@H]3C. The maximum atomic E-state index is 14.2. The zero-order valence-electron chi connectivity index (χ0n) is 32.7. The number of hydrogen-bond donors (Lipinski definition) is 11. The summed E-state index contributed by atoms with van der Waals surface area (Å²) in [6.45, 7) is 8.65. The molecular weight excluding hydrogens is 756 g/mol. The lowest BCUT2D eigenvalue weighted by Gasteiger charge is -2.65. The minimum absolute atomic E-state index is 0.112. The Morgan fingerprint density at radius 3 is 1.84 bits per heavy atom. The van der Waals surface area contributed by atoms with Crippen molar-refractivity contribution in [3.8, 4) is 0 Å². The van der Waals surface area contributed by atoms with Gasteiger partial charge >= 0.3 is 5.97 Å². The van der Waals surface area contributed by atoms with E-state index in [1.54, 1.807) is 0 Å². The number of carbonyl (C=O) groups is 1. The van der Waals surface area contributed by atoms with Crippen LogP contribution >= 0.6 is 0 Å². The van der Waals surface area contributed by atoms with Gasteiger partial charge in [0.1, 0.15) is 73.2 Å². The van der Waals surface area contributed by atoms with E-state index < -0.39 is 129 Å². The molecule has 4 saturated carbocycles. The number of fused-ring (bicyclic) bond motifs is 3. The number of carbonyl (C=O) groups excluding carboxylic acids is 1. The standard InChI is InChI=1S/C39H62O18/c1-16-12-38-10-6-21-36(3,8-5-9-37(21,4)35(51)56-33-29(49)27(47)24(44)19(14-41)53-33)22(38)7-11-39(16,17(38)2)57-34-30(50)31(25(45)20(15-42)54-34)55-32-28(48)26(46)23(43)18(13-40)52-32/h17-34,40-50H,1,5-15H2,2-4H3/t17-,18?,19?,20?,21?,22+,23?,24?,25?,26?,27?,28?,29?,30?,31?,32?,33?,34?,36-,37-,38?,39-/m1/s1. The van der Waals surface area contributed by atoms with Crippen molar-refractivity contribution in [1.82, 2.24) is 0 Å². The highest BCUT2D eigenvalue weighted by Gasteiger charge is 2.72. The molecule has 7 fully saturated rings. The molecule has 18 nitrogen and oxygen atoms in total. The number of aliphatic hydroxyl groups is 11. The first-order valence-electron chi connectivity index (χ1n) is 20.3. The number of esters is 1. The summed E-state index contributed by atoms with van der Waals surface area (Å²) in [5, 5.41) is 115. The molecule has 0 radical (unpaired) electrons. The first-order valence-corrected chi connectivity index (χ1v) is 20.3. The largest absolute Gasteiger partial charge is 0.432 e. The Balaban J connectivity index is 1.10. The number of hydrogen-bond acceptors (Lipinski definition) is 18. The molecular formula is C39H62O18. The van der Waals surface area contributed by atoms with Gasteiger partial charge in [0.15, 0.2) is 12.6 Å². The predicted molar refractivity (Wildman–Crippen MR) is 191 cm³/mol. The molecule has 0 aromatic heterocycles. The van der Waals surface area contributed by atoms with Crippen LogP contribution in [-0.2, 0) is 33.2 Å². The van der Waals surface area contributed by atoms with Gasteiger partial charge < -0.3 is 84.6 Å². The normalized spacial score (nSPS) is 55.2. The monoisotopic (exact) mass is 818 g/mol. The molecule has 2 bridgehead atoms. The maximum absolute atomic E-state index is 14.2. The second kappa shape index (κ2) is 15.8. The summed E-state index contributed by atoms with van der Waals surface area (Å²) < 4.78 is 35.4. The van der Waals surface area contributed by atoms with Crippen LogP contribution in [0.4, 0.5) is 0 Å². The summed E-state index contributed by atoms with van der Waals surface area (Å²) in [5.41, 5.74) is -1.84. The maximum Gasteiger partial charge on any atom is 0.314 e. The van der Waals surface area contributed by atoms with E-state index in [0.29, 0.717) is 38.5 Å². The molecule has 7 rings (SSSR count). The van der Waals surface area contributed by atoms with Crippen LogP contribution in [0.5, 0.6) is 0 Å². The first-order chi connectivity index (χ1) is 26.8. The number of aliphatic hydroxyl groups excluding tert-OH is 11. The van der Waals surface area contributed by atoms with Crippen molar-refractivity contribution in [2.45, 2.75) is 170 Å². The Hall–Kier alpha value is -1.43. The third kappa shape index (κ3) is 6.65. The van der Waals surface area contributed by atoms with Crippen molar-refractivity contribution < 1.29 is 89.4 Å². The van der Waals surface area contributed by atoms with Gasteiger partial charge in [0.2, 0.25) is 6.29 Å². The molecule has 3 heterocycles. The van der Waals surface area contributed by atoms with E-state index in [4.69, 9.17) is 28.4 Å². The van der Waals surface area contributed by atoms with Crippen LogP contribution in [-0.4, -0.2) is 180 Å². The van der Waals surface area contributed by atoms with Gasteiger partial charge in [-0.05, 0) is 86.0 Å². The molecule has 0 aromatic carbocycles. The topological polar surface area (TPSA) is 295 Å². The van der Waals surface area contributed by atoms with E-state index in [9.17, 15) is 61.0 Å². The molecule has 1 spiro atoms. The zero-order valence-corrected chi connectivity index (χ0v) is 32.7. The average Bonchev–Trinajstić information content (AvgIpc) is 3.28. The Kier molecular flexibility index (Phi) is 12.1. The quantitative estimate of drug-likeness (QED) is 0.0641. The summed E-state index contributed by atoms with van der Waals surface area (Å²) >= 11 is 0. The minimum Gasteiger partial charge on any atom is -0.432 e. The lowest BCUT2D eigenvalue weighted by atomic mass is 9.39. The Bertz CT molecular complexity index is 1480. The van der Waals surface area contributed by atoms with Crippen LogP contribution in [0, 0.1) is 34.0 Å². The molecule has 17 unspecified atom stereocenters. The van der Waals surface area contributed by atoms with E-state index in [-0.39, 0.29) is 28.6 Å². The fourth-order valence-corrected chi connectivity index (χ4v) is 12.5. The van der Waals surface area contributed by atoms with Gasteiger partial charge in [-0.15, -0.1) is 0 Å². The van der Waals surface area contributed by atoms with Crippen molar-refractivity contribution in [1.29, 1.82) is 0 Å². The smallest absolute Gasteiger partial charge is 0.314 e. The fraction of sp³-hybridized carbons (Fsp3) is 0.923. The minimum atomic E-state index is -1.81. The van der Waals surface area contributed by atoms with Gasteiger partial charge in [-0.1, -0.05) is 26.8 Å². The second-order valence-corrected chi connectivity index (χ2v) is 18.3. The van der Waals surface area contributed by atoms with E-state index in [1.807, 2.05) is 6.92 Å². The molecule has 3 saturated heterocycles. The van der Waals surface area contributed by atoms with Crippen molar-refractivity contribution in [3.63, 3.8) is 0 Å². The van der Waals surface area contributed by atoms with Gasteiger partial charge in [0.05, 0.1) is 30.8 Å². The van der Waals surface area contributed by atoms with Crippen LogP contribution in [0.2, 0.25) is 0 Å². The summed E-state index contributed by atoms with van der Waals surface area (Å²) in [6, 6.07) is 0.